The molecule has 6 heteroatoms. The maximum Gasteiger partial charge on any atom is 0.211 e. The molecule has 2 aromatic rings. The number of ether oxygens (including phenoxy) is 1. The molecule has 3 aliphatic rings. The lowest BCUT2D eigenvalue weighted by atomic mass is 9.75. The highest BCUT2D eigenvalue weighted by Crippen LogP contribution is 2.40. The van der Waals surface area contributed by atoms with Crippen LogP contribution in [0.2, 0.25) is 0 Å². The highest BCUT2D eigenvalue weighted by atomic mass is 32.2. The fourth-order valence-electron chi connectivity index (χ4n) is 5.59. The minimum Gasteiger partial charge on any atom is -0.492 e. The third kappa shape index (κ3) is 5.97. The zero-order valence-corrected chi connectivity index (χ0v) is 20.2. The summed E-state index contributed by atoms with van der Waals surface area (Å²) >= 11 is 0. The highest BCUT2D eigenvalue weighted by Gasteiger charge is 2.35. The Hall–Kier alpha value is -1.89. The van der Waals surface area contributed by atoms with Crippen LogP contribution in [0.25, 0.3) is 0 Å². The number of nitrogens with one attached hydrogen (secondary N) is 1. The zero-order valence-electron chi connectivity index (χ0n) is 19.4. The van der Waals surface area contributed by atoms with E-state index in [1.54, 1.807) is 0 Å². The van der Waals surface area contributed by atoms with Crippen LogP contribution in [-0.2, 0) is 22.9 Å². The fourth-order valence-corrected chi connectivity index (χ4v) is 7.06. The average molecular weight is 469 g/mol. The van der Waals surface area contributed by atoms with Crippen LogP contribution in [0.1, 0.15) is 54.7 Å². The summed E-state index contributed by atoms with van der Waals surface area (Å²) in [5, 5.41) is 0. The van der Waals surface area contributed by atoms with Crippen LogP contribution < -0.4 is 9.46 Å². The van der Waals surface area contributed by atoms with Crippen LogP contribution in [0.5, 0.6) is 5.75 Å². The van der Waals surface area contributed by atoms with Gasteiger partial charge in [0.15, 0.2) is 0 Å². The summed E-state index contributed by atoms with van der Waals surface area (Å²) in [6.07, 6.45) is 8.06. The molecule has 2 aromatic carbocycles. The standard InChI is InChI=1S/C27H36N2O3S/c30-33(31,20-22-8-9-22)28-14-17-32-24-12-10-23-11-13-27(29-15-4-5-16-29)26(25(23)19-24)18-21-6-2-1-3-7-21/h1-3,6-7,10,12,19,22,26-28H,4-5,8-9,11,13-18,20H2. The molecule has 0 bridgehead atoms. The number of nitrogens with zero attached hydrogens (tertiary/aromatic N) is 1. The van der Waals surface area contributed by atoms with Gasteiger partial charge in [-0.05, 0) is 92.8 Å². The smallest absolute Gasteiger partial charge is 0.211 e. The Morgan fingerprint density at radius 2 is 1.79 bits per heavy atom. The van der Waals surface area contributed by atoms with E-state index in [4.69, 9.17) is 4.74 Å². The van der Waals surface area contributed by atoms with Crippen molar-refractivity contribution < 1.29 is 13.2 Å². The second kappa shape index (κ2) is 10.2. The van der Waals surface area contributed by atoms with E-state index in [0.29, 0.717) is 31.0 Å². The van der Waals surface area contributed by atoms with Gasteiger partial charge in [-0.15, -0.1) is 0 Å². The Kier molecular flexibility index (Phi) is 7.05. The first-order chi connectivity index (χ1) is 16.1. The molecule has 5 rings (SSSR count). The van der Waals surface area contributed by atoms with E-state index in [-0.39, 0.29) is 5.75 Å². The number of hydrogen-bond acceptors (Lipinski definition) is 4. The highest BCUT2D eigenvalue weighted by molar-refractivity contribution is 7.89. The van der Waals surface area contributed by atoms with E-state index >= 15 is 0 Å². The molecule has 1 aliphatic heterocycles. The second-order valence-corrected chi connectivity index (χ2v) is 11.8. The Morgan fingerprint density at radius 1 is 1.00 bits per heavy atom. The van der Waals surface area contributed by atoms with Crippen molar-refractivity contribution in [2.75, 3.05) is 32.0 Å². The van der Waals surface area contributed by atoms with E-state index in [2.05, 4.69) is 52.1 Å². The minimum atomic E-state index is -3.18. The molecule has 1 saturated heterocycles. The summed E-state index contributed by atoms with van der Waals surface area (Å²) in [4.78, 5) is 2.71. The SMILES string of the molecule is O=S(=O)(CC1CC1)NCCOc1ccc2c(c1)C(Cc1ccccc1)C(N1CCCC1)CC2. The van der Waals surface area contributed by atoms with Crippen molar-refractivity contribution in [1.82, 2.24) is 9.62 Å². The molecule has 2 atom stereocenters. The van der Waals surface area contributed by atoms with E-state index in [9.17, 15) is 8.42 Å². The number of aryl methyl sites for hydroxylation is 1. The van der Waals surface area contributed by atoms with Crippen molar-refractivity contribution in [3.05, 3.63) is 65.2 Å². The summed E-state index contributed by atoms with van der Waals surface area (Å²) in [5.74, 6) is 1.91. The minimum absolute atomic E-state index is 0.255. The lowest BCUT2D eigenvalue weighted by Gasteiger charge is -2.39. The topological polar surface area (TPSA) is 58.6 Å². The maximum atomic E-state index is 12.1. The van der Waals surface area contributed by atoms with Crippen molar-refractivity contribution in [1.29, 1.82) is 0 Å². The zero-order chi connectivity index (χ0) is 22.7. The van der Waals surface area contributed by atoms with E-state index < -0.39 is 10.0 Å². The molecule has 0 radical (unpaired) electrons. The Balaban J connectivity index is 1.28. The predicted molar refractivity (Wildman–Crippen MR) is 132 cm³/mol. The predicted octanol–water partition coefficient (Wildman–Crippen LogP) is 4.13. The van der Waals surface area contributed by atoms with Gasteiger partial charge >= 0.3 is 0 Å². The molecule has 5 nitrogen and oxygen atoms in total. The lowest BCUT2D eigenvalue weighted by molar-refractivity contribution is 0.188. The van der Waals surface area contributed by atoms with Crippen LogP contribution in [0.3, 0.4) is 0 Å². The van der Waals surface area contributed by atoms with Crippen molar-refractivity contribution in [2.24, 2.45) is 5.92 Å². The van der Waals surface area contributed by atoms with Gasteiger partial charge in [0.1, 0.15) is 12.4 Å². The number of likely N-dealkylation sites (tertiary alicyclic amines) is 1. The Labute approximate surface area is 198 Å². The van der Waals surface area contributed by atoms with Gasteiger partial charge in [0.25, 0.3) is 0 Å². The van der Waals surface area contributed by atoms with Gasteiger partial charge < -0.3 is 4.74 Å². The van der Waals surface area contributed by atoms with E-state index in [1.807, 2.05) is 6.07 Å². The van der Waals surface area contributed by atoms with Crippen LogP contribution in [0, 0.1) is 5.92 Å². The van der Waals surface area contributed by atoms with Crippen LogP contribution >= 0.6 is 0 Å². The average Bonchev–Trinajstić information content (AvgIpc) is 3.44. The van der Waals surface area contributed by atoms with Crippen LogP contribution in [0.4, 0.5) is 0 Å². The largest absolute Gasteiger partial charge is 0.492 e. The van der Waals surface area contributed by atoms with Gasteiger partial charge in [-0.1, -0.05) is 36.4 Å². The summed E-state index contributed by atoms with van der Waals surface area (Å²) in [6, 6.07) is 17.9. The first kappa shape index (κ1) is 22.9. The number of sulfonamides is 1. The lowest BCUT2D eigenvalue weighted by Crippen LogP contribution is -2.41. The summed E-state index contributed by atoms with van der Waals surface area (Å²) in [7, 11) is -3.18. The molecule has 2 unspecified atom stereocenters. The van der Waals surface area contributed by atoms with Crippen molar-refractivity contribution in [3.63, 3.8) is 0 Å². The van der Waals surface area contributed by atoms with Crippen LogP contribution in [0.15, 0.2) is 48.5 Å². The monoisotopic (exact) mass is 468 g/mol. The summed E-state index contributed by atoms with van der Waals surface area (Å²) in [6.45, 7) is 3.09. The van der Waals surface area contributed by atoms with Gasteiger partial charge in [-0.2, -0.15) is 0 Å². The molecule has 0 spiro atoms. The molecule has 1 N–H and O–H groups in total. The molecule has 1 heterocycles. The first-order valence-corrected chi connectivity index (χ1v) is 14.2. The van der Waals surface area contributed by atoms with Crippen molar-refractivity contribution in [3.8, 4) is 5.75 Å². The first-order valence-electron chi connectivity index (χ1n) is 12.6. The fraction of sp³-hybridized carbons (Fsp3) is 0.556. The normalized spacial score (nSPS) is 23.4. The number of rotatable bonds is 10. The van der Waals surface area contributed by atoms with Crippen molar-refractivity contribution >= 4 is 10.0 Å². The Bertz CT molecular complexity index is 1030. The van der Waals surface area contributed by atoms with Gasteiger partial charge in [-0.25, -0.2) is 13.1 Å². The molecular weight excluding hydrogens is 432 g/mol. The molecule has 0 aromatic heterocycles. The molecule has 2 fully saturated rings. The number of hydrogen-bond donors (Lipinski definition) is 1. The second-order valence-electron chi connectivity index (χ2n) is 9.97. The summed E-state index contributed by atoms with van der Waals surface area (Å²) < 4.78 is 32.9. The Morgan fingerprint density at radius 3 is 2.55 bits per heavy atom. The van der Waals surface area contributed by atoms with E-state index in [1.165, 1.54) is 49.0 Å². The molecular formula is C27H36N2O3S. The van der Waals surface area contributed by atoms with E-state index in [0.717, 1.165) is 31.4 Å². The molecule has 2 aliphatic carbocycles. The number of fused-ring (bicyclic) bond motifs is 1. The number of benzene rings is 2. The quantitative estimate of drug-likeness (QED) is 0.533. The van der Waals surface area contributed by atoms with Gasteiger partial charge in [-0.3, -0.25) is 4.90 Å². The third-order valence-electron chi connectivity index (χ3n) is 7.44. The van der Waals surface area contributed by atoms with Gasteiger partial charge in [0.2, 0.25) is 10.0 Å². The van der Waals surface area contributed by atoms with Crippen LogP contribution in [-0.4, -0.2) is 51.4 Å². The molecule has 1 saturated carbocycles. The van der Waals surface area contributed by atoms with Crippen molar-refractivity contribution in [2.45, 2.75) is 56.9 Å². The molecule has 178 valence electrons. The maximum absolute atomic E-state index is 12.1. The molecule has 33 heavy (non-hydrogen) atoms. The van der Waals surface area contributed by atoms with Gasteiger partial charge in [0.05, 0.1) is 5.75 Å². The summed E-state index contributed by atoms with van der Waals surface area (Å²) in [5.41, 5.74) is 4.23. The molecule has 0 amide bonds. The van der Waals surface area contributed by atoms with Gasteiger partial charge in [0, 0.05) is 18.5 Å². The third-order valence-corrected chi connectivity index (χ3v) is 9.00.